The lowest BCUT2D eigenvalue weighted by atomic mass is 10.3. The first kappa shape index (κ1) is 7.01. The fraction of sp³-hybridized carbons (Fsp3) is 0.400. The summed E-state index contributed by atoms with van der Waals surface area (Å²) in [6.45, 7) is 0.679. The third-order valence-electron chi connectivity index (χ3n) is 1.06. The van der Waals surface area contributed by atoms with E-state index >= 15 is 0 Å². The Morgan fingerprint density at radius 3 is 3.00 bits per heavy atom. The minimum atomic E-state index is 0.679. The Morgan fingerprint density at radius 2 is 2.56 bits per heavy atom. The standard InChI is InChI=1S/C5H8IN3/c6-5-4(1-2-7)8-3-9-5/h3H,1-2,7H2,(H,8,9)/i6+4. The van der Waals surface area contributed by atoms with Gasteiger partial charge in [0.25, 0.3) is 0 Å². The minimum absolute atomic E-state index is 0.679. The fourth-order valence-corrected chi connectivity index (χ4v) is 1.19. The number of halogens is 1. The molecule has 0 atom stereocenters. The van der Waals surface area contributed by atoms with Gasteiger partial charge in [-0.2, -0.15) is 0 Å². The summed E-state index contributed by atoms with van der Waals surface area (Å²) in [5.74, 6) is 0. The fourth-order valence-electron chi connectivity index (χ4n) is 0.624. The zero-order valence-electron chi connectivity index (χ0n) is 4.89. The molecule has 0 radical (unpaired) electrons. The van der Waals surface area contributed by atoms with Gasteiger partial charge in [0.05, 0.1) is 6.33 Å². The quantitative estimate of drug-likeness (QED) is 0.741. The second-order valence-electron chi connectivity index (χ2n) is 1.71. The second-order valence-corrected chi connectivity index (χ2v) is 2.73. The van der Waals surface area contributed by atoms with Crippen molar-refractivity contribution in [1.82, 2.24) is 9.97 Å². The molecule has 0 amide bonds. The molecule has 0 aliphatic carbocycles. The van der Waals surface area contributed by atoms with Gasteiger partial charge in [0.2, 0.25) is 0 Å². The predicted molar refractivity (Wildman–Crippen MR) is 44.1 cm³/mol. The predicted octanol–water partition coefficient (Wildman–Crippen LogP) is 0.515. The summed E-state index contributed by atoms with van der Waals surface area (Å²) in [4.78, 5) is 7.02. The van der Waals surface area contributed by atoms with Gasteiger partial charge < -0.3 is 10.7 Å². The highest BCUT2D eigenvalue weighted by molar-refractivity contribution is 14.1. The van der Waals surface area contributed by atoms with Gasteiger partial charge >= 0.3 is 0 Å². The van der Waals surface area contributed by atoms with E-state index in [0.29, 0.717) is 6.54 Å². The van der Waals surface area contributed by atoms with Crippen molar-refractivity contribution in [2.24, 2.45) is 5.73 Å². The maximum absolute atomic E-state index is 5.34. The molecular weight excluding hydrogens is 233 g/mol. The number of hydrogen-bond donors (Lipinski definition) is 2. The van der Waals surface area contributed by atoms with Crippen molar-refractivity contribution in [1.29, 1.82) is 0 Å². The summed E-state index contributed by atoms with van der Waals surface area (Å²) in [5.41, 5.74) is 6.47. The summed E-state index contributed by atoms with van der Waals surface area (Å²) in [6, 6.07) is 0. The highest BCUT2D eigenvalue weighted by Gasteiger charge is 1.97. The van der Waals surface area contributed by atoms with Crippen LogP contribution < -0.4 is 5.73 Å². The summed E-state index contributed by atoms with van der Waals surface area (Å²) < 4.78 is 1.03. The van der Waals surface area contributed by atoms with Crippen LogP contribution in [0.3, 0.4) is 0 Å². The van der Waals surface area contributed by atoms with Crippen LogP contribution >= 0.6 is 22.6 Å². The van der Waals surface area contributed by atoms with Gasteiger partial charge in [-0.15, -0.1) is 0 Å². The van der Waals surface area contributed by atoms with E-state index in [0.717, 1.165) is 15.8 Å². The molecule has 4 heteroatoms. The van der Waals surface area contributed by atoms with Gasteiger partial charge in [0.1, 0.15) is 3.70 Å². The van der Waals surface area contributed by atoms with Gasteiger partial charge in [-0.05, 0) is 29.1 Å². The van der Waals surface area contributed by atoms with Crippen LogP contribution in [0.25, 0.3) is 0 Å². The zero-order valence-corrected chi connectivity index (χ0v) is 7.05. The third-order valence-corrected chi connectivity index (χ3v) is 1.99. The number of H-pyrrole nitrogens is 1. The smallest absolute Gasteiger partial charge is 0.122 e. The largest absolute Gasteiger partial charge is 0.348 e. The Bertz CT molecular complexity index is 184. The molecule has 0 spiro atoms. The molecule has 0 aliphatic heterocycles. The van der Waals surface area contributed by atoms with Crippen molar-refractivity contribution in [3.63, 3.8) is 0 Å². The topological polar surface area (TPSA) is 54.7 Å². The molecule has 0 saturated heterocycles. The number of nitrogens with zero attached hydrogens (tertiary/aromatic N) is 1. The summed E-state index contributed by atoms with van der Waals surface area (Å²) in [6.07, 6.45) is 2.57. The minimum Gasteiger partial charge on any atom is -0.348 e. The van der Waals surface area contributed by atoms with Crippen molar-refractivity contribution < 1.29 is 0 Å². The SMILES string of the molecule is NCCc1[nH]cnc1[131I]. The van der Waals surface area contributed by atoms with Gasteiger partial charge in [-0.25, -0.2) is 4.98 Å². The Balaban J connectivity index is 2.69. The van der Waals surface area contributed by atoms with Crippen molar-refractivity contribution in [2.45, 2.75) is 6.42 Å². The van der Waals surface area contributed by atoms with E-state index in [1.807, 2.05) is 0 Å². The van der Waals surface area contributed by atoms with Crippen LogP contribution in [0.4, 0.5) is 0 Å². The van der Waals surface area contributed by atoms with Crippen LogP contribution in [-0.2, 0) is 6.42 Å². The molecule has 1 heterocycles. The first-order chi connectivity index (χ1) is 4.34. The number of imidazole rings is 1. The molecule has 0 unspecified atom stereocenters. The lowest BCUT2D eigenvalue weighted by Gasteiger charge is -1.90. The van der Waals surface area contributed by atoms with Crippen LogP contribution in [0.1, 0.15) is 5.69 Å². The van der Waals surface area contributed by atoms with E-state index in [9.17, 15) is 0 Å². The van der Waals surface area contributed by atoms with E-state index in [4.69, 9.17) is 5.73 Å². The number of aromatic amines is 1. The number of aromatic nitrogens is 2. The average molecular weight is 241 g/mol. The van der Waals surface area contributed by atoms with E-state index < -0.39 is 0 Å². The monoisotopic (exact) mass is 241 g/mol. The van der Waals surface area contributed by atoms with Crippen molar-refractivity contribution in [3.8, 4) is 0 Å². The van der Waals surface area contributed by atoms with Crippen LogP contribution in [-0.4, -0.2) is 16.5 Å². The summed E-state index contributed by atoms with van der Waals surface area (Å²) in [5, 5.41) is 0. The van der Waals surface area contributed by atoms with Crippen molar-refractivity contribution >= 4 is 22.6 Å². The molecule has 0 aliphatic rings. The number of rotatable bonds is 2. The zero-order chi connectivity index (χ0) is 6.69. The molecule has 3 nitrogen and oxygen atoms in total. The lowest BCUT2D eigenvalue weighted by molar-refractivity contribution is 0.928. The number of nitrogens with two attached hydrogens (primary N) is 1. The van der Waals surface area contributed by atoms with Crippen molar-refractivity contribution in [2.75, 3.05) is 6.54 Å². The first-order valence-corrected chi connectivity index (χ1v) is 3.80. The Kier molecular flexibility index (Phi) is 2.47. The second kappa shape index (κ2) is 3.17. The molecule has 0 bridgehead atoms. The average Bonchev–Trinajstić information content (AvgIpc) is 2.18. The highest BCUT2D eigenvalue weighted by Crippen LogP contribution is 2.04. The molecule has 1 aromatic heterocycles. The molecule has 1 aromatic rings. The van der Waals surface area contributed by atoms with Crippen molar-refractivity contribution in [3.05, 3.63) is 15.7 Å². The van der Waals surface area contributed by atoms with Crippen LogP contribution in [0, 0.1) is 3.70 Å². The Labute approximate surface area is 67.2 Å². The highest BCUT2D eigenvalue weighted by atomic mass is 131. The van der Waals surface area contributed by atoms with E-state index in [-0.39, 0.29) is 0 Å². The van der Waals surface area contributed by atoms with E-state index in [2.05, 4.69) is 32.6 Å². The summed E-state index contributed by atoms with van der Waals surface area (Å²) in [7, 11) is 0. The maximum Gasteiger partial charge on any atom is 0.122 e. The third kappa shape index (κ3) is 1.65. The Hall–Kier alpha value is -0.100. The van der Waals surface area contributed by atoms with Crippen LogP contribution in [0.2, 0.25) is 0 Å². The molecule has 9 heavy (non-hydrogen) atoms. The molecule has 50 valence electrons. The van der Waals surface area contributed by atoms with E-state index in [1.165, 1.54) is 0 Å². The van der Waals surface area contributed by atoms with Gasteiger partial charge in [-0.3, -0.25) is 0 Å². The first-order valence-electron chi connectivity index (χ1n) is 2.72. The molecular formula is C5H8IN3. The summed E-state index contributed by atoms with van der Waals surface area (Å²) >= 11 is 2.18. The van der Waals surface area contributed by atoms with E-state index in [1.54, 1.807) is 6.33 Å². The van der Waals surface area contributed by atoms with Gasteiger partial charge in [0.15, 0.2) is 0 Å². The lowest BCUT2D eigenvalue weighted by Crippen LogP contribution is -2.03. The number of nitrogens with one attached hydrogen (secondary N) is 1. The number of hydrogen-bond acceptors (Lipinski definition) is 2. The molecule has 3 N–H and O–H groups in total. The maximum atomic E-state index is 5.34. The Morgan fingerprint density at radius 1 is 1.78 bits per heavy atom. The van der Waals surface area contributed by atoms with Crippen LogP contribution in [0.15, 0.2) is 6.33 Å². The molecule has 0 aromatic carbocycles. The normalized spacial score (nSPS) is 10.0. The van der Waals surface area contributed by atoms with Gasteiger partial charge in [0, 0.05) is 12.1 Å². The molecule has 0 fully saturated rings. The van der Waals surface area contributed by atoms with Gasteiger partial charge in [-0.1, -0.05) is 0 Å². The van der Waals surface area contributed by atoms with Crippen LogP contribution in [0.5, 0.6) is 0 Å². The molecule has 1 rings (SSSR count). The molecule has 0 saturated carbocycles.